The van der Waals surface area contributed by atoms with Crippen LogP contribution in [-0.4, -0.2) is 37.1 Å². The van der Waals surface area contributed by atoms with Gasteiger partial charge in [-0.1, -0.05) is 0 Å². The maximum absolute atomic E-state index is 13.2. The Labute approximate surface area is 143 Å². The van der Waals surface area contributed by atoms with E-state index < -0.39 is 17.5 Å². The van der Waals surface area contributed by atoms with Gasteiger partial charge in [-0.05, 0) is 24.6 Å². The molecule has 2 N–H and O–H groups in total. The monoisotopic (exact) mass is 349 g/mol. The van der Waals surface area contributed by atoms with Crippen LogP contribution in [0.1, 0.15) is 27.1 Å². The van der Waals surface area contributed by atoms with Crippen LogP contribution in [0.25, 0.3) is 0 Å². The summed E-state index contributed by atoms with van der Waals surface area (Å²) in [6.45, 7) is 0.952. The summed E-state index contributed by atoms with van der Waals surface area (Å²) >= 11 is 0. The zero-order valence-electron chi connectivity index (χ0n) is 13.5. The Morgan fingerprint density at radius 2 is 1.80 bits per heavy atom. The van der Waals surface area contributed by atoms with Crippen molar-refractivity contribution in [2.75, 3.05) is 25.6 Å². The van der Waals surface area contributed by atoms with Gasteiger partial charge in [-0.25, -0.2) is 8.78 Å². The molecule has 0 atom stereocenters. The highest BCUT2D eigenvalue weighted by molar-refractivity contribution is 6.05. The van der Waals surface area contributed by atoms with Gasteiger partial charge in [0.25, 0.3) is 11.8 Å². The second-order valence-electron chi connectivity index (χ2n) is 5.15. The van der Waals surface area contributed by atoms with Crippen LogP contribution in [0.4, 0.5) is 14.5 Å². The normalized spacial score (nSPS) is 10.4. The van der Waals surface area contributed by atoms with E-state index in [-0.39, 0.29) is 22.7 Å². The second kappa shape index (κ2) is 8.84. The molecule has 2 aromatic rings. The summed E-state index contributed by atoms with van der Waals surface area (Å²) in [4.78, 5) is 28.0. The largest absolute Gasteiger partial charge is 0.385 e. The van der Waals surface area contributed by atoms with Gasteiger partial charge in [0, 0.05) is 44.4 Å². The van der Waals surface area contributed by atoms with Crippen LogP contribution in [0.2, 0.25) is 0 Å². The number of nitrogens with one attached hydrogen (secondary N) is 2. The highest BCUT2D eigenvalue weighted by Crippen LogP contribution is 2.14. The molecular weight excluding hydrogens is 332 g/mol. The molecule has 0 radical (unpaired) electrons. The molecule has 0 bridgehead atoms. The Kier molecular flexibility index (Phi) is 6.53. The van der Waals surface area contributed by atoms with Gasteiger partial charge in [0.2, 0.25) is 0 Å². The zero-order valence-corrected chi connectivity index (χ0v) is 13.5. The van der Waals surface area contributed by atoms with Crippen molar-refractivity contribution in [3.05, 3.63) is 59.4 Å². The number of nitrogens with zero attached hydrogens (tertiary/aromatic N) is 1. The molecule has 2 rings (SSSR count). The number of aromatic nitrogens is 1. The van der Waals surface area contributed by atoms with Crippen molar-refractivity contribution in [2.45, 2.75) is 6.42 Å². The van der Waals surface area contributed by atoms with Gasteiger partial charge in [0.15, 0.2) is 11.6 Å². The average molecular weight is 349 g/mol. The van der Waals surface area contributed by atoms with E-state index in [1.165, 1.54) is 24.5 Å². The lowest BCUT2D eigenvalue weighted by molar-refractivity contribution is 0.0948. The summed E-state index contributed by atoms with van der Waals surface area (Å²) in [6.07, 6.45) is 3.27. The Balaban J connectivity index is 2.03. The van der Waals surface area contributed by atoms with Gasteiger partial charge < -0.3 is 15.4 Å². The van der Waals surface area contributed by atoms with E-state index in [4.69, 9.17) is 4.74 Å². The number of ether oxygens (including phenoxy) is 1. The molecule has 1 aromatic heterocycles. The third-order valence-corrected chi connectivity index (χ3v) is 3.25. The van der Waals surface area contributed by atoms with Crippen LogP contribution in [-0.2, 0) is 4.74 Å². The molecule has 1 aromatic carbocycles. The standard InChI is InChI=1S/C17H17F2N3O3/c1-25-6-2-5-21-16(23)11-7-12(10-20-9-11)17(24)22-13-3-4-14(18)15(19)8-13/h3-4,7-10H,2,5-6H2,1H3,(H,21,23)(H,22,24). The number of carbonyl (C=O) groups is 2. The Bertz CT molecular complexity index is 769. The first-order valence-electron chi connectivity index (χ1n) is 7.50. The molecule has 1 heterocycles. The third kappa shape index (κ3) is 5.32. The van der Waals surface area contributed by atoms with Gasteiger partial charge in [-0.3, -0.25) is 14.6 Å². The molecule has 0 fully saturated rings. The maximum atomic E-state index is 13.2. The van der Waals surface area contributed by atoms with E-state index in [1.54, 1.807) is 7.11 Å². The number of rotatable bonds is 7. The molecule has 6 nitrogen and oxygen atoms in total. The average Bonchev–Trinajstić information content (AvgIpc) is 2.62. The number of hydrogen-bond donors (Lipinski definition) is 2. The Hall–Kier alpha value is -2.87. The fourth-order valence-electron chi connectivity index (χ4n) is 1.99. The van der Waals surface area contributed by atoms with Gasteiger partial charge in [0.05, 0.1) is 11.1 Å². The van der Waals surface area contributed by atoms with Crippen LogP contribution in [0.15, 0.2) is 36.7 Å². The first-order chi connectivity index (χ1) is 12.0. The Morgan fingerprint density at radius 1 is 1.08 bits per heavy atom. The number of hydrogen-bond acceptors (Lipinski definition) is 4. The van der Waals surface area contributed by atoms with E-state index in [0.29, 0.717) is 19.6 Å². The van der Waals surface area contributed by atoms with Crippen LogP contribution in [0, 0.1) is 11.6 Å². The lowest BCUT2D eigenvalue weighted by Crippen LogP contribution is -2.25. The first kappa shape index (κ1) is 18.5. The van der Waals surface area contributed by atoms with E-state index >= 15 is 0 Å². The number of carbonyl (C=O) groups excluding carboxylic acids is 2. The number of anilines is 1. The second-order valence-corrected chi connectivity index (χ2v) is 5.15. The first-order valence-corrected chi connectivity index (χ1v) is 7.50. The summed E-state index contributed by atoms with van der Waals surface area (Å²) in [5.41, 5.74) is 0.433. The molecular formula is C17H17F2N3O3. The molecule has 0 saturated heterocycles. The van der Waals surface area contributed by atoms with Crippen LogP contribution >= 0.6 is 0 Å². The molecule has 0 unspecified atom stereocenters. The van der Waals surface area contributed by atoms with Crippen LogP contribution < -0.4 is 10.6 Å². The number of methoxy groups -OCH3 is 1. The fourth-order valence-corrected chi connectivity index (χ4v) is 1.99. The summed E-state index contributed by atoms with van der Waals surface area (Å²) in [5, 5.41) is 5.10. The summed E-state index contributed by atoms with van der Waals surface area (Å²) in [5.74, 6) is -3.04. The van der Waals surface area contributed by atoms with Crippen molar-refractivity contribution < 1.29 is 23.1 Å². The quantitative estimate of drug-likeness (QED) is 0.752. The molecule has 2 amide bonds. The van der Waals surface area contributed by atoms with Crippen molar-refractivity contribution in [3.8, 4) is 0 Å². The molecule has 8 heteroatoms. The Morgan fingerprint density at radius 3 is 2.48 bits per heavy atom. The van der Waals surface area contributed by atoms with E-state index in [2.05, 4.69) is 15.6 Å². The minimum Gasteiger partial charge on any atom is -0.385 e. The van der Waals surface area contributed by atoms with Gasteiger partial charge in [0.1, 0.15) is 0 Å². The molecule has 132 valence electrons. The fraction of sp³-hybridized carbons (Fsp3) is 0.235. The maximum Gasteiger partial charge on any atom is 0.257 e. The highest BCUT2D eigenvalue weighted by Gasteiger charge is 2.12. The lowest BCUT2D eigenvalue weighted by Gasteiger charge is -2.08. The molecule has 0 saturated carbocycles. The van der Waals surface area contributed by atoms with Crippen LogP contribution in [0.3, 0.4) is 0 Å². The molecule has 0 aliphatic carbocycles. The summed E-state index contributed by atoms with van der Waals surface area (Å²) < 4.78 is 31.0. The van der Waals surface area contributed by atoms with Crippen LogP contribution in [0.5, 0.6) is 0 Å². The predicted octanol–water partition coefficient (Wildman–Crippen LogP) is 2.38. The molecule has 0 spiro atoms. The third-order valence-electron chi connectivity index (χ3n) is 3.25. The number of halogens is 2. The topological polar surface area (TPSA) is 80.3 Å². The minimum absolute atomic E-state index is 0.0957. The zero-order chi connectivity index (χ0) is 18.2. The van der Waals surface area contributed by atoms with Crippen molar-refractivity contribution >= 4 is 17.5 Å². The summed E-state index contributed by atoms with van der Waals surface area (Å²) in [6, 6.07) is 4.38. The molecule has 25 heavy (non-hydrogen) atoms. The van der Waals surface area contributed by atoms with Crippen molar-refractivity contribution in [1.82, 2.24) is 10.3 Å². The summed E-state index contributed by atoms with van der Waals surface area (Å²) in [7, 11) is 1.57. The van der Waals surface area contributed by atoms with Gasteiger partial charge in [-0.15, -0.1) is 0 Å². The molecule has 0 aliphatic rings. The van der Waals surface area contributed by atoms with Gasteiger partial charge >= 0.3 is 0 Å². The van der Waals surface area contributed by atoms with E-state index in [9.17, 15) is 18.4 Å². The number of pyridine rings is 1. The number of benzene rings is 1. The smallest absolute Gasteiger partial charge is 0.257 e. The predicted molar refractivity (Wildman–Crippen MR) is 87.4 cm³/mol. The number of amides is 2. The highest BCUT2D eigenvalue weighted by atomic mass is 19.2. The van der Waals surface area contributed by atoms with E-state index in [0.717, 1.165) is 12.1 Å². The van der Waals surface area contributed by atoms with Crippen molar-refractivity contribution in [3.63, 3.8) is 0 Å². The lowest BCUT2D eigenvalue weighted by atomic mass is 10.1. The van der Waals surface area contributed by atoms with Crippen molar-refractivity contribution in [1.29, 1.82) is 0 Å². The van der Waals surface area contributed by atoms with Crippen molar-refractivity contribution in [2.24, 2.45) is 0 Å². The molecule has 0 aliphatic heterocycles. The van der Waals surface area contributed by atoms with Gasteiger partial charge in [-0.2, -0.15) is 0 Å². The minimum atomic E-state index is -1.07. The SMILES string of the molecule is COCCCNC(=O)c1cncc(C(=O)Nc2ccc(F)c(F)c2)c1. The van der Waals surface area contributed by atoms with E-state index in [1.807, 2.05) is 0 Å².